The van der Waals surface area contributed by atoms with E-state index >= 15 is 0 Å². The van der Waals surface area contributed by atoms with Gasteiger partial charge in [-0.25, -0.2) is 4.79 Å². The highest BCUT2D eigenvalue weighted by Gasteiger charge is 2.16. The van der Waals surface area contributed by atoms with Crippen LogP contribution in [0.1, 0.15) is 10.6 Å². The molecule has 70 valence electrons. The highest BCUT2D eigenvalue weighted by molar-refractivity contribution is 9.10. The van der Waals surface area contributed by atoms with Crippen molar-refractivity contribution >= 4 is 21.9 Å². The van der Waals surface area contributed by atoms with Crippen LogP contribution in [0.3, 0.4) is 0 Å². The van der Waals surface area contributed by atoms with Crippen molar-refractivity contribution in [1.29, 1.82) is 0 Å². The van der Waals surface area contributed by atoms with Crippen LogP contribution >= 0.6 is 15.9 Å². The van der Waals surface area contributed by atoms with Gasteiger partial charge in [0.25, 0.3) is 0 Å². The zero-order chi connectivity index (χ0) is 10.0. The van der Waals surface area contributed by atoms with Crippen LogP contribution in [0.2, 0.25) is 0 Å². The zero-order valence-corrected chi connectivity index (χ0v) is 7.93. The molecular formula is C6H3BrF2N2O2. The van der Waals surface area contributed by atoms with Gasteiger partial charge in [-0.05, 0) is 15.9 Å². The summed E-state index contributed by atoms with van der Waals surface area (Å²) in [6.07, 6.45) is 0. The number of halogens is 3. The van der Waals surface area contributed by atoms with Gasteiger partial charge >= 0.3 is 5.97 Å². The highest BCUT2D eigenvalue weighted by atomic mass is 79.9. The van der Waals surface area contributed by atoms with Crippen LogP contribution in [0.25, 0.3) is 0 Å². The topological polar surface area (TPSA) is 52.1 Å². The molecule has 0 radical (unpaired) electrons. The fraction of sp³-hybridized carbons (Fsp3) is 0.167. The van der Waals surface area contributed by atoms with Gasteiger partial charge < -0.3 is 4.74 Å². The zero-order valence-electron chi connectivity index (χ0n) is 6.34. The Morgan fingerprint density at radius 3 is 2.23 bits per heavy atom. The number of hydrogen-bond acceptors (Lipinski definition) is 4. The number of hydrogen-bond donors (Lipinski definition) is 0. The van der Waals surface area contributed by atoms with E-state index in [9.17, 15) is 13.6 Å². The van der Waals surface area contributed by atoms with Crippen LogP contribution in [-0.2, 0) is 4.74 Å². The van der Waals surface area contributed by atoms with E-state index in [1.54, 1.807) is 0 Å². The number of carbonyl (C=O) groups is 1. The number of esters is 1. The monoisotopic (exact) mass is 252 g/mol. The lowest BCUT2D eigenvalue weighted by atomic mass is 10.5. The maximum Gasteiger partial charge on any atom is 0.376 e. The molecule has 0 atom stereocenters. The van der Waals surface area contributed by atoms with E-state index in [-0.39, 0.29) is 0 Å². The molecule has 4 nitrogen and oxygen atoms in total. The van der Waals surface area contributed by atoms with E-state index < -0.39 is 28.2 Å². The van der Waals surface area contributed by atoms with Crippen molar-refractivity contribution in [2.75, 3.05) is 7.11 Å². The minimum Gasteiger partial charge on any atom is -0.463 e. The molecule has 1 aromatic heterocycles. The molecule has 0 saturated heterocycles. The van der Waals surface area contributed by atoms with E-state index in [1.165, 1.54) is 0 Å². The first-order valence-corrected chi connectivity index (χ1v) is 3.82. The van der Waals surface area contributed by atoms with Crippen molar-refractivity contribution < 1.29 is 18.3 Å². The lowest BCUT2D eigenvalue weighted by molar-refractivity contribution is 0.0583. The Morgan fingerprint density at radius 2 is 1.85 bits per heavy atom. The minimum atomic E-state index is -1.15. The van der Waals surface area contributed by atoms with Crippen molar-refractivity contribution in [2.24, 2.45) is 0 Å². The second-order valence-corrected chi connectivity index (χ2v) is 2.73. The molecule has 13 heavy (non-hydrogen) atoms. The van der Waals surface area contributed by atoms with Crippen molar-refractivity contribution in [2.45, 2.75) is 0 Å². The number of aromatic nitrogens is 2. The Labute approximate surface area is 80.1 Å². The molecule has 7 heteroatoms. The minimum absolute atomic E-state index is 0.514. The summed E-state index contributed by atoms with van der Waals surface area (Å²) < 4.78 is 29.0. The predicted octanol–water partition coefficient (Wildman–Crippen LogP) is 1.30. The first-order chi connectivity index (χ1) is 6.06. The summed E-state index contributed by atoms with van der Waals surface area (Å²) in [6.45, 7) is 0. The van der Waals surface area contributed by atoms with Crippen molar-refractivity contribution in [3.63, 3.8) is 0 Å². The molecule has 0 aliphatic heterocycles. The molecule has 1 heterocycles. The van der Waals surface area contributed by atoms with Crippen LogP contribution < -0.4 is 0 Å². The maximum absolute atomic E-state index is 12.7. The van der Waals surface area contributed by atoms with E-state index in [1.807, 2.05) is 0 Å². The van der Waals surface area contributed by atoms with Crippen molar-refractivity contribution in [1.82, 2.24) is 9.97 Å². The van der Waals surface area contributed by atoms with Gasteiger partial charge in [-0.3, -0.25) is 0 Å². The molecular weight excluding hydrogens is 250 g/mol. The molecule has 0 amide bonds. The van der Waals surface area contributed by atoms with E-state index in [0.717, 1.165) is 7.11 Å². The van der Waals surface area contributed by atoms with Gasteiger partial charge in [0.15, 0.2) is 0 Å². The average molecular weight is 253 g/mol. The molecule has 0 aliphatic rings. The number of ether oxygens (including phenoxy) is 1. The van der Waals surface area contributed by atoms with Gasteiger partial charge in [-0.15, -0.1) is 0 Å². The number of methoxy groups -OCH3 is 1. The summed E-state index contributed by atoms with van der Waals surface area (Å²) in [5.74, 6) is -3.94. The molecule has 0 fully saturated rings. The van der Waals surface area contributed by atoms with Gasteiger partial charge in [-0.2, -0.15) is 18.7 Å². The lowest BCUT2D eigenvalue weighted by Gasteiger charge is -1.99. The van der Waals surface area contributed by atoms with Gasteiger partial charge in [0, 0.05) is 0 Å². The SMILES string of the molecule is COC(=O)c1nc(F)c(Br)c(F)n1. The van der Waals surface area contributed by atoms with Crippen LogP contribution in [0.4, 0.5) is 8.78 Å². The molecule has 0 spiro atoms. The highest BCUT2D eigenvalue weighted by Crippen LogP contribution is 2.15. The molecule has 0 aromatic carbocycles. The molecule has 0 unspecified atom stereocenters. The summed E-state index contributed by atoms with van der Waals surface area (Å²) in [5, 5.41) is 0. The number of nitrogens with zero attached hydrogens (tertiary/aromatic N) is 2. The standard InChI is InChI=1S/C6H3BrF2N2O2/c1-13-6(12)5-10-3(8)2(7)4(9)11-5/h1H3. The van der Waals surface area contributed by atoms with Gasteiger partial charge in [-0.1, -0.05) is 0 Å². The van der Waals surface area contributed by atoms with E-state index in [0.29, 0.717) is 0 Å². The smallest absolute Gasteiger partial charge is 0.376 e. The van der Waals surface area contributed by atoms with Gasteiger partial charge in [0.1, 0.15) is 4.47 Å². The third kappa shape index (κ3) is 1.97. The molecule has 0 bridgehead atoms. The maximum atomic E-state index is 12.7. The quantitative estimate of drug-likeness (QED) is 0.559. The van der Waals surface area contributed by atoms with Gasteiger partial charge in [0.05, 0.1) is 7.11 Å². The summed E-state index contributed by atoms with van der Waals surface area (Å²) in [6, 6.07) is 0. The van der Waals surface area contributed by atoms with E-state index in [2.05, 4.69) is 30.6 Å². The molecule has 0 N–H and O–H groups in total. The Balaban J connectivity index is 3.20. The van der Waals surface area contributed by atoms with Crippen LogP contribution in [0, 0.1) is 11.9 Å². The van der Waals surface area contributed by atoms with Crippen LogP contribution in [0.15, 0.2) is 4.47 Å². The van der Waals surface area contributed by atoms with Gasteiger partial charge in [0.2, 0.25) is 17.7 Å². The second-order valence-electron chi connectivity index (χ2n) is 1.93. The first kappa shape index (κ1) is 9.97. The predicted molar refractivity (Wildman–Crippen MR) is 41.0 cm³/mol. The fourth-order valence-corrected chi connectivity index (χ4v) is 0.754. The lowest BCUT2D eigenvalue weighted by Crippen LogP contribution is -2.10. The Hall–Kier alpha value is -1.11. The van der Waals surface area contributed by atoms with Crippen LogP contribution in [-0.4, -0.2) is 23.0 Å². The summed E-state index contributed by atoms with van der Waals surface area (Å²) in [7, 11) is 1.06. The Morgan fingerprint density at radius 1 is 1.38 bits per heavy atom. The molecule has 0 saturated carbocycles. The Kier molecular flexibility index (Phi) is 2.86. The number of carbonyl (C=O) groups excluding carboxylic acids is 1. The molecule has 1 aromatic rings. The average Bonchev–Trinajstić information content (AvgIpc) is 2.12. The van der Waals surface area contributed by atoms with Crippen molar-refractivity contribution in [3.05, 3.63) is 22.2 Å². The third-order valence-electron chi connectivity index (χ3n) is 1.14. The third-order valence-corrected chi connectivity index (χ3v) is 1.79. The Bertz CT molecular complexity index is 335. The number of rotatable bonds is 1. The second kappa shape index (κ2) is 3.73. The molecule has 0 aliphatic carbocycles. The van der Waals surface area contributed by atoms with E-state index in [4.69, 9.17) is 0 Å². The summed E-state index contributed by atoms with van der Waals surface area (Å²) in [5.41, 5.74) is 0. The largest absolute Gasteiger partial charge is 0.463 e. The first-order valence-electron chi connectivity index (χ1n) is 3.03. The normalized spacial score (nSPS) is 9.85. The summed E-state index contributed by atoms with van der Waals surface area (Å²) >= 11 is 2.56. The molecule has 1 rings (SSSR count). The van der Waals surface area contributed by atoms with Crippen LogP contribution in [0.5, 0.6) is 0 Å². The summed E-state index contributed by atoms with van der Waals surface area (Å²) in [4.78, 5) is 16.9. The van der Waals surface area contributed by atoms with Crippen molar-refractivity contribution in [3.8, 4) is 0 Å². The fourth-order valence-electron chi connectivity index (χ4n) is 0.577.